The first-order valence-electron chi connectivity index (χ1n) is 6.55. The molecule has 1 aromatic carbocycles. The molecule has 0 spiro atoms. The molecular weight excluding hydrogens is 272 g/mol. The summed E-state index contributed by atoms with van der Waals surface area (Å²) in [5.41, 5.74) is 3.13. The lowest BCUT2D eigenvalue weighted by Gasteiger charge is -2.23. The fraction of sp³-hybridized carbons (Fsp3) is 0.375. The third kappa shape index (κ3) is 3.28. The van der Waals surface area contributed by atoms with E-state index in [1.807, 2.05) is 19.9 Å². The second-order valence-corrected chi connectivity index (χ2v) is 6.32. The molecule has 1 heterocycles. The van der Waals surface area contributed by atoms with E-state index >= 15 is 0 Å². The van der Waals surface area contributed by atoms with Gasteiger partial charge < -0.3 is 4.74 Å². The van der Waals surface area contributed by atoms with Gasteiger partial charge in [-0.3, -0.25) is 0 Å². The minimum atomic E-state index is -0.00619. The second-order valence-electron chi connectivity index (χ2n) is 5.98. The topological polar surface area (TPSA) is 35.0 Å². The highest BCUT2D eigenvalue weighted by Crippen LogP contribution is 2.35. The Bertz CT molecular complexity index is 633. The predicted octanol–water partition coefficient (Wildman–Crippen LogP) is 4.84. The SMILES string of the molecule is Cc1ccc(C(C)(C)C)c(Oc2nc(Cl)ncc2C)c1. The monoisotopic (exact) mass is 290 g/mol. The van der Waals surface area contributed by atoms with Gasteiger partial charge in [-0.2, -0.15) is 4.98 Å². The average molecular weight is 291 g/mol. The number of benzene rings is 1. The molecule has 0 saturated heterocycles. The van der Waals surface area contributed by atoms with Gasteiger partial charge in [-0.1, -0.05) is 32.9 Å². The highest BCUT2D eigenvalue weighted by atomic mass is 35.5. The number of ether oxygens (including phenoxy) is 1. The van der Waals surface area contributed by atoms with Crippen molar-refractivity contribution in [2.75, 3.05) is 0 Å². The van der Waals surface area contributed by atoms with Crippen LogP contribution >= 0.6 is 11.6 Å². The van der Waals surface area contributed by atoms with Crippen LogP contribution in [-0.2, 0) is 5.41 Å². The summed E-state index contributed by atoms with van der Waals surface area (Å²) in [4.78, 5) is 8.10. The van der Waals surface area contributed by atoms with Crippen LogP contribution in [-0.4, -0.2) is 9.97 Å². The summed E-state index contributed by atoms with van der Waals surface area (Å²) in [6.45, 7) is 10.4. The van der Waals surface area contributed by atoms with Gasteiger partial charge in [0.25, 0.3) is 0 Å². The molecule has 0 N–H and O–H groups in total. The summed E-state index contributed by atoms with van der Waals surface area (Å²) in [6, 6.07) is 6.21. The maximum absolute atomic E-state index is 5.99. The van der Waals surface area contributed by atoms with Crippen LogP contribution in [0.4, 0.5) is 0 Å². The first kappa shape index (κ1) is 14.8. The first-order chi connectivity index (χ1) is 9.27. The molecule has 20 heavy (non-hydrogen) atoms. The molecule has 0 aliphatic heterocycles. The van der Waals surface area contributed by atoms with Gasteiger partial charge in [-0.15, -0.1) is 0 Å². The van der Waals surface area contributed by atoms with E-state index in [1.165, 1.54) is 0 Å². The average Bonchev–Trinajstić information content (AvgIpc) is 2.32. The third-order valence-corrected chi connectivity index (χ3v) is 3.23. The van der Waals surface area contributed by atoms with Gasteiger partial charge in [-0.25, -0.2) is 4.98 Å². The van der Waals surface area contributed by atoms with E-state index in [9.17, 15) is 0 Å². The van der Waals surface area contributed by atoms with Crippen LogP contribution in [0.1, 0.15) is 37.5 Å². The van der Waals surface area contributed by atoms with Gasteiger partial charge in [0, 0.05) is 17.3 Å². The Labute approximate surface area is 125 Å². The van der Waals surface area contributed by atoms with Crippen molar-refractivity contribution in [1.29, 1.82) is 0 Å². The number of hydrogen-bond acceptors (Lipinski definition) is 3. The molecule has 0 atom stereocenters. The molecule has 0 radical (unpaired) electrons. The quantitative estimate of drug-likeness (QED) is 0.743. The zero-order valence-corrected chi connectivity index (χ0v) is 13.2. The standard InChI is InChI=1S/C16H19ClN2O/c1-10-6-7-12(16(3,4)5)13(8-10)20-14-11(2)9-18-15(17)19-14/h6-9H,1-5H3. The third-order valence-electron chi connectivity index (χ3n) is 3.05. The molecule has 0 bridgehead atoms. The lowest BCUT2D eigenvalue weighted by Crippen LogP contribution is -2.13. The van der Waals surface area contributed by atoms with Crippen molar-refractivity contribution in [3.63, 3.8) is 0 Å². The summed E-state index contributed by atoms with van der Waals surface area (Å²) >= 11 is 5.84. The van der Waals surface area contributed by atoms with Crippen molar-refractivity contribution in [3.05, 3.63) is 46.4 Å². The van der Waals surface area contributed by atoms with Crippen LogP contribution in [0, 0.1) is 13.8 Å². The van der Waals surface area contributed by atoms with Crippen LogP contribution in [0.5, 0.6) is 11.6 Å². The van der Waals surface area contributed by atoms with E-state index in [-0.39, 0.29) is 10.7 Å². The summed E-state index contributed by atoms with van der Waals surface area (Å²) in [6.07, 6.45) is 1.66. The number of aryl methyl sites for hydroxylation is 2. The van der Waals surface area contributed by atoms with Gasteiger partial charge in [0.1, 0.15) is 5.75 Å². The first-order valence-corrected chi connectivity index (χ1v) is 6.93. The molecule has 0 aliphatic carbocycles. The van der Waals surface area contributed by atoms with Crippen molar-refractivity contribution in [3.8, 4) is 11.6 Å². The van der Waals surface area contributed by atoms with E-state index in [2.05, 4.69) is 42.9 Å². The summed E-state index contributed by atoms with van der Waals surface area (Å²) < 4.78 is 5.99. The number of halogens is 1. The van der Waals surface area contributed by atoms with Crippen LogP contribution < -0.4 is 4.74 Å². The van der Waals surface area contributed by atoms with E-state index in [4.69, 9.17) is 16.3 Å². The molecule has 0 unspecified atom stereocenters. The molecule has 0 fully saturated rings. The Morgan fingerprint density at radius 1 is 1.15 bits per heavy atom. The van der Waals surface area contributed by atoms with Crippen molar-refractivity contribution in [2.24, 2.45) is 0 Å². The zero-order valence-electron chi connectivity index (χ0n) is 12.5. The van der Waals surface area contributed by atoms with Crippen LogP contribution in [0.3, 0.4) is 0 Å². The van der Waals surface area contributed by atoms with E-state index in [0.717, 1.165) is 22.4 Å². The van der Waals surface area contributed by atoms with Crippen molar-refractivity contribution >= 4 is 11.6 Å². The normalized spacial score (nSPS) is 11.5. The summed E-state index contributed by atoms with van der Waals surface area (Å²) in [5.74, 6) is 1.32. The molecule has 4 heteroatoms. The Balaban J connectivity index is 2.47. The van der Waals surface area contributed by atoms with E-state index in [0.29, 0.717) is 5.88 Å². The highest BCUT2D eigenvalue weighted by Gasteiger charge is 2.20. The maximum atomic E-state index is 5.99. The summed E-state index contributed by atoms with van der Waals surface area (Å²) in [7, 11) is 0. The largest absolute Gasteiger partial charge is 0.438 e. The highest BCUT2D eigenvalue weighted by molar-refractivity contribution is 6.28. The molecule has 2 aromatic rings. The number of hydrogen-bond donors (Lipinski definition) is 0. The minimum absolute atomic E-state index is 0.00619. The Kier molecular flexibility index (Phi) is 4.00. The van der Waals surface area contributed by atoms with Gasteiger partial charge in [-0.05, 0) is 42.5 Å². The maximum Gasteiger partial charge on any atom is 0.226 e. The van der Waals surface area contributed by atoms with Gasteiger partial charge in [0.05, 0.1) is 0 Å². The van der Waals surface area contributed by atoms with Gasteiger partial charge in [0.15, 0.2) is 0 Å². The molecular formula is C16H19ClN2O. The fourth-order valence-corrected chi connectivity index (χ4v) is 2.07. The van der Waals surface area contributed by atoms with Gasteiger partial charge in [0.2, 0.25) is 11.2 Å². The summed E-state index contributed by atoms with van der Waals surface area (Å²) in [5, 5.41) is 0.190. The van der Waals surface area contributed by atoms with E-state index in [1.54, 1.807) is 6.20 Å². The smallest absolute Gasteiger partial charge is 0.226 e. The Morgan fingerprint density at radius 2 is 1.85 bits per heavy atom. The predicted molar refractivity (Wildman–Crippen MR) is 81.7 cm³/mol. The molecule has 0 amide bonds. The van der Waals surface area contributed by atoms with Crippen LogP contribution in [0.2, 0.25) is 5.28 Å². The van der Waals surface area contributed by atoms with Crippen molar-refractivity contribution in [2.45, 2.75) is 40.0 Å². The fourth-order valence-electron chi connectivity index (χ4n) is 1.95. The molecule has 1 aromatic heterocycles. The number of aromatic nitrogens is 2. The molecule has 3 nitrogen and oxygen atoms in total. The molecule has 106 valence electrons. The Hall–Kier alpha value is -1.61. The zero-order chi connectivity index (χ0) is 14.9. The van der Waals surface area contributed by atoms with Crippen LogP contribution in [0.25, 0.3) is 0 Å². The number of rotatable bonds is 2. The van der Waals surface area contributed by atoms with E-state index < -0.39 is 0 Å². The number of nitrogens with zero attached hydrogens (tertiary/aromatic N) is 2. The molecule has 2 rings (SSSR count). The lowest BCUT2D eigenvalue weighted by molar-refractivity contribution is 0.435. The lowest BCUT2D eigenvalue weighted by atomic mass is 9.86. The van der Waals surface area contributed by atoms with Crippen molar-refractivity contribution < 1.29 is 4.74 Å². The van der Waals surface area contributed by atoms with Crippen LogP contribution in [0.15, 0.2) is 24.4 Å². The van der Waals surface area contributed by atoms with Gasteiger partial charge >= 0.3 is 0 Å². The molecule has 0 saturated carbocycles. The second kappa shape index (κ2) is 5.41. The van der Waals surface area contributed by atoms with Crippen molar-refractivity contribution in [1.82, 2.24) is 9.97 Å². The minimum Gasteiger partial charge on any atom is -0.438 e. The Morgan fingerprint density at radius 3 is 2.50 bits per heavy atom. The molecule has 0 aliphatic rings.